The Bertz CT molecular complexity index is 668. The SMILES string of the molecule is CC[C@H](C)c1ccc(NC(=S)Nc2ccc(OC)cc2C)cc1. The van der Waals surface area contributed by atoms with Crippen LogP contribution >= 0.6 is 12.2 Å². The lowest BCUT2D eigenvalue weighted by Crippen LogP contribution is -2.19. The molecular formula is C19H24N2OS. The Morgan fingerprint density at radius 2 is 1.83 bits per heavy atom. The molecule has 4 heteroatoms. The summed E-state index contributed by atoms with van der Waals surface area (Å²) in [7, 11) is 1.66. The molecule has 2 rings (SSSR count). The van der Waals surface area contributed by atoms with Gasteiger partial charge in [-0.1, -0.05) is 26.0 Å². The summed E-state index contributed by atoms with van der Waals surface area (Å²) in [6.45, 7) is 6.46. The van der Waals surface area contributed by atoms with Crippen LogP contribution in [0.4, 0.5) is 11.4 Å². The van der Waals surface area contributed by atoms with Gasteiger partial charge >= 0.3 is 0 Å². The molecule has 1 atom stereocenters. The van der Waals surface area contributed by atoms with E-state index in [-0.39, 0.29) is 0 Å². The van der Waals surface area contributed by atoms with Crippen LogP contribution in [0.2, 0.25) is 0 Å². The van der Waals surface area contributed by atoms with E-state index >= 15 is 0 Å². The van der Waals surface area contributed by atoms with Gasteiger partial charge in [-0.2, -0.15) is 0 Å². The molecule has 0 unspecified atom stereocenters. The zero-order valence-electron chi connectivity index (χ0n) is 14.1. The molecule has 2 N–H and O–H groups in total. The number of anilines is 2. The van der Waals surface area contributed by atoms with Crippen molar-refractivity contribution in [1.82, 2.24) is 0 Å². The third kappa shape index (κ3) is 4.70. The van der Waals surface area contributed by atoms with Crippen molar-refractivity contribution < 1.29 is 4.74 Å². The van der Waals surface area contributed by atoms with Crippen LogP contribution in [0.5, 0.6) is 5.75 Å². The molecule has 0 saturated carbocycles. The molecule has 0 heterocycles. The van der Waals surface area contributed by atoms with Crippen LogP contribution < -0.4 is 15.4 Å². The monoisotopic (exact) mass is 328 g/mol. The molecule has 23 heavy (non-hydrogen) atoms. The second kappa shape index (κ2) is 7.97. The Kier molecular flexibility index (Phi) is 5.99. The second-order valence-corrected chi connectivity index (χ2v) is 6.10. The van der Waals surface area contributed by atoms with Gasteiger partial charge < -0.3 is 15.4 Å². The van der Waals surface area contributed by atoms with E-state index in [1.807, 2.05) is 25.1 Å². The number of aryl methyl sites for hydroxylation is 1. The van der Waals surface area contributed by atoms with Gasteiger partial charge in [-0.15, -0.1) is 0 Å². The fourth-order valence-electron chi connectivity index (χ4n) is 2.32. The lowest BCUT2D eigenvalue weighted by atomic mass is 9.99. The molecule has 0 spiro atoms. The maximum atomic E-state index is 5.39. The minimum absolute atomic E-state index is 0.578. The number of hydrogen-bond donors (Lipinski definition) is 2. The van der Waals surface area contributed by atoms with Gasteiger partial charge in [-0.05, 0) is 72.9 Å². The first-order valence-electron chi connectivity index (χ1n) is 7.86. The smallest absolute Gasteiger partial charge is 0.175 e. The Morgan fingerprint density at radius 1 is 1.13 bits per heavy atom. The fourth-order valence-corrected chi connectivity index (χ4v) is 2.55. The zero-order chi connectivity index (χ0) is 16.8. The van der Waals surface area contributed by atoms with Gasteiger partial charge in [0.15, 0.2) is 5.11 Å². The van der Waals surface area contributed by atoms with Crippen molar-refractivity contribution in [3.63, 3.8) is 0 Å². The molecule has 0 aliphatic heterocycles. The van der Waals surface area contributed by atoms with Crippen molar-refractivity contribution in [3.05, 3.63) is 53.6 Å². The normalized spacial score (nSPS) is 11.7. The standard InChI is InChI=1S/C19H24N2OS/c1-5-13(2)15-6-8-16(9-7-15)20-19(23)21-18-11-10-17(22-4)12-14(18)3/h6-13H,5H2,1-4H3,(H2,20,21,23)/t13-/m0/s1. The molecule has 2 aromatic carbocycles. The number of methoxy groups -OCH3 is 1. The summed E-state index contributed by atoms with van der Waals surface area (Å²) in [6, 6.07) is 14.3. The molecule has 0 amide bonds. The van der Waals surface area contributed by atoms with Crippen molar-refractivity contribution in [1.29, 1.82) is 0 Å². The summed E-state index contributed by atoms with van der Waals surface area (Å²) in [5.41, 5.74) is 4.39. The molecule has 2 aromatic rings. The van der Waals surface area contributed by atoms with E-state index in [0.717, 1.165) is 29.1 Å². The highest BCUT2D eigenvalue weighted by molar-refractivity contribution is 7.80. The van der Waals surface area contributed by atoms with Crippen LogP contribution in [0.15, 0.2) is 42.5 Å². The Hall–Kier alpha value is -2.07. The zero-order valence-corrected chi connectivity index (χ0v) is 15.0. The molecule has 3 nitrogen and oxygen atoms in total. The van der Waals surface area contributed by atoms with E-state index in [4.69, 9.17) is 17.0 Å². The Balaban J connectivity index is 1.99. The van der Waals surface area contributed by atoms with Crippen molar-refractivity contribution in [2.45, 2.75) is 33.1 Å². The average molecular weight is 328 g/mol. The largest absolute Gasteiger partial charge is 0.497 e. The maximum Gasteiger partial charge on any atom is 0.175 e. The molecule has 0 aliphatic carbocycles. The third-order valence-electron chi connectivity index (χ3n) is 4.03. The Labute approximate surface area is 144 Å². The first-order valence-corrected chi connectivity index (χ1v) is 8.27. The summed E-state index contributed by atoms with van der Waals surface area (Å²) in [4.78, 5) is 0. The number of thiocarbonyl (C=S) groups is 1. The second-order valence-electron chi connectivity index (χ2n) is 5.69. The minimum Gasteiger partial charge on any atom is -0.497 e. The van der Waals surface area contributed by atoms with Gasteiger partial charge in [-0.3, -0.25) is 0 Å². The van der Waals surface area contributed by atoms with Gasteiger partial charge in [0, 0.05) is 11.4 Å². The molecule has 0 fully saturated rings. The fraction of sp³-hybridized carbons (Fsp3) is 0.316. The van der Waals surface area contributed by atoms with E-state index in [0.29, 0.717) is 11.0 Å². The van der Waals surface area contributed by atoms with Crippen LogP contribution in [-0.2, 0) is 0 Å². The summed E-state index contributed by atoms with van der Waals surface area (Å²) in [5, 5.41) is 7.02. The number of hydrogen-bond acceptors (Lipinski definition) is 2. The molecule has 0 radical (unpaired) electrons. The molecule has 0 aliphatic rings. The number of rotatable bonds is 5. The number of benzene rings is 2. The summed E-state index contributed by atoms with van der Waals surface area (Å²) < 4.78 is 5.21. The van der Waals surface area contributed by atoms with Crippen molar-refractivity contribution in [2.75, 3.05) is 17.7 Å². The predicted molar refractivity (Wildman–Crippen MR) is 103 cm³/mol. The van der Waals surface area contributed by atoms with Crippen molar-refractivity contribution in [2.24, 2.45) is 0 Å². The van der Waals surface area contributed by atoms with Gasteiger partial charge in [0.05, 0.1) is 7.11 Å². The maximum absolute atomic E-state index is 5.39. The highest BCUT2D eigenvalue weighted by Gasteiger charge is 2.05. The van der Waals surface area contributed by atoms with Gasteiger partial charge in [0.1, 0.15) is 5.75 Å². The van der Waals surface area contributed by atoms with Crippen molar-refractivity contribution >= 4 is 28.7 Å². The van der Waals surface area contributed by atoms with E-state index in [1.54, 1.807) is 7.11 Å². The van der Waals surface area contributed by atoms with Crippen LogP contribution in [0.3, 0.4) is 0 Å². The highest BCUT2D eigenvalue weighted by Crippen LogP contribution is 2.22. The highest BCUT2D eigenvalue weighted by atomic mass is 32.1. The Morgan fingerprint density at radius 3 is 2.39 bits per heavy atom. The lowest BCUT2D eigenvalue weighted by Gasteiger charge is -2.14. The molecule has 0 bridgehead atoms. The molecule has 122 valence electrons. The average Bonchev–Trinajstić information content (AvgIpc) is 2.56. The van der Waals surface area contributed by atoms with E-state index in [2.05, 4.69) is 48.7 Å². The topological polar surface area (TPSA) is 33.3 Å². The van der Waals surface area contributed by atoms with Crippen LogP contribution in [0, 0.1) is 6.92 Å². The number of nitrogens with one attached hydrogen (secondary N) is 2. The van der Waals surface area contributed by atoms with Crippen LogP contribution in [0.1, 0.15) is 37.3 Å². The molecular weight excluding hydrogens is 304 g/mol. The van der Waals surface area contributed by atoms with E-state index in [1.165, 1.54) is 5.56 Å². The first kappa shape index (κ1) is 17.3. The number of ether oxygens (including phenoxy) is 1. The minimum atomic E-state index is 0.578. The summed E-state index contributed by atoms with van der Waals surface area (Å²) in [5.74, 6) is 1.42. The summed E-state index contributed by atoms with van der Waals surface area (Å²) >= 11 is 5.39. The quantitative estimate of drug-likeness (QED) is 0.727. The molecule has 0 saturated heterocycles. The first-order chi connectivity index (χ1) is 11.0. The van der Waals surface area contributed by atoms with Gasteiger partial charge in [0.25, 0.3) is 0 Å². The molecule has 0 aromatic heterocycles. The third-order valence-corrected chi connectivity index (χ3v) is 4.24. The summed E-state index contributed by atoms with van der Waals surface area (Å²) in [6.07, 6.45) is 1.14. The van der Waals surface area contributed by atoms with Gasteiger partial charge in [0.2, 0.25) is 0 Å². The lowest BCUT2D eigenvalue weighted by molar-refractivity contribution is 0.414. The van der Waals surface area contributed by atoms with E-state index in [9.17, 15) is 0 Å². The van der Waals surface area contributed by atoms with E-state index < -0.39 is 0 Å². The van der Waals surface area contributed by atoms with Crippen LogP contribution in [0.25, 0.3) is 0 Å². The predicted octanol–water partition coefficient (Wildman–Crippen LogP) is 5.33. The van der Waals surface area contributed by atoms with Crippen molar-refractivity contribution in [3.8, 4) is 5.75 Å². The van der Waals surface area contributed by atoms with Crippen LogP contribution in [-0.4, -0.2) is 12.2 Å². The van der Waals surface area contributed by atoms with Gasteiger partial charge in [-0.25, -0.2) is 0 Å².